The van der Waals surface area contributed by atoms with Gasteiger partial charge in [0.2, 0.25) is 0 Å². The highest BCUT2D eigenvalue weighted by atomic mass is 16.6. The molecule has 9 rings (SSSR count). The Morgan fingerprint density at radius 1 is 0.600 bits per heavy atom. The summed E-state index contributed by atoms with van der Waals surface area (Å²) in [7, 11) is 3.30. The third-order valence-corrected chi connectivity index (χ3v) is 14.0. The second-order valence-corrected chi connectivity index (χ2v) is 16.2. The number of hydrogen-bond donors (Lipinski definition) is 0. The Hall–Kier alpha value is -5.13. The van der Waals surface area contributed by atoms with Crippen LogP contribution < -0.4 is 9.47 Å². The summed E-state index contributed by atoms with van der Waals surface area (Å²) in [5.41, 5.74) is 1.89. The molecule has 55 heavy (non-hydrogen) atoms. The van der Waals surface area contributed by atoms with Gasteiger partial charge in [0.05, 0.1) is 34.9 Å². The van der Waals surface area contributed by atoms with Crippen molar-refractivity contribution in [1.29, 1.82) is 0 Å². The van der Waals surface area contributed by atoms with E-state index in [-0.39, 0.29) is 57.0 Å². The SMILES string of the molecule is COc1ccc(C2C3CCCN3C(c3cccc([N+](=O)[O-])c3)C23CCCC2(C3=O)C(c3cccc([N+](=O)[O-])c3)C3CCCN3C2c2ccc(OC)cc2)cc1. The zero-order valence-corrected chi connectivity index (χ0v) is 31.2. The highest BCUT2D eigenvalue weighted by molar-refractivity contribution is 5.96. The molecular weight excluding hydrogens is 697 g/mol. The van der Waals surface area contributed by atoms with Crippen LogP contribution in [0, 0.1) is 31.1 Å². The van der Waals surface area contributed by atoms with Crippen molar-refractivity contribution in [3.63, 3.8) is 0 Å². The smallest absolute Gasteiger partial charge is 0.269 e. The molecule has 5 aliphatic rings. The van der Waals surface area contributed by atoms with Gasteiger partial charge >= 0.3 is 0 Å². The van der Waals surface area contributed by atoms with Crippen molar-refractivity contribution < 1.29 is 24.1 Å². The minimum atomic E-state index is -0.948. The van der Waals surface area contributed by atoms with Gasteiger partial charge in [-0.2, -0.15) is 0 Å². The molecule has 0 N–H and O–H groups in total. The van der Waals surface area contributed by atoms with Gasteiger partial charge in [0.25, 0.3) is 11.4 Å². The molecule has 8 atom stereocenters. The predicted octanol–water partition coefficient (Wildman–Crippen LogP) is 8.55. The van der Waals surface area contributed by atoms with E-state index < -0.39 is 16.9 Å². The summed E-state index contributed by atoms with van der Waals surface area (Å²) in [6.07, 6.45) is 5.77. The largest absolute Gasteiger partial charge is 0.497 e. The number of ketones is 1. The van der Waals surface area contributed by atoms with E-state index in [0.717, 1.165) is 78.9 Å². The molecule has 2 spiro atoms. The van der Waals surface area contributed by atoms with E-state index in [9.17, 15) is 20.2 Å². The first-order valence-electron chi connectivity index (χ1n) is 19.6. The Balaban J connectivity index is 1.32. The van der Waals surface area contributed by atoms with Gasteiger partial charge in [0.15, 0.2) is 0 Å². The van der Waals surface area contributed by atoms with Gasteiger partial charge in [0.1, 0.15) is 17.3 Å². The Labute approximate surface area is 320 Å². The van der Waals surface area contributed by atoms with Crippen molar-refractivity contribution in [2.24, 2.45) is 10.8 Å². The van der Waals surface area contributed by atoms with Crippen molar-refractivity contribution in [2.45, 2.75) is 80.9 Å². The standard InChI is InChI=1S/C44H46N4O7/c1-54-34-18-14-28(15-19-34)38-36-12-5-25-46(36)41(31-9-4-11-33(27-31)48(52)53)43(38)22-7-23-44(42(43)49)39(30-8-3-10-32(26-30)47(50)51)37-13-6-24-45(37)40(44)29-16-20-35(55-2)21-17-29/h3-4,8-11,14-21,26-27,36-41H,5-7,12-13,22-25H2,1-2H3. The molecule has 1 aliphatic carbocycles. The summed E-state index contributed by atoms with van der Waals surface area (Å²) in [5, 5.41) is 24.5. The van der Waals surface area contributed by atoms with Crippen molar-refractivity contribution >= 4 is 17.2 Å². The number of nitrogens with zero attached hydrogens (tertiary/aromatic N) is 4. The summed E-state index contributed by atoms with van der Waals surface area (Å²) in [4.78, 5) is 45.9. The van der Waals surface area contributed by atoms with Crippen molar-refractivity contribution in [3.8, 4) is 11.5 Å². The van der Waals surface area contributed by atoms with Crippen molar-refractivity contribution in [2.75, 3.05) is 27.3 Å². The lowest BCUT2D eigenvalue weighted by atomic mass is 9.47. The third kappa shape index (κ3) is 5.26. The zero-order chi connectivity index (χ0) is 38.1. The lowest BCUT2D eigenvalue weighted by molar-refractivity contribution is -0.385. The molecule has 8 unspecified atom stereocenters. The maximum atomic E-state index is 17.1. The van der Waals surface area contributed by atoms with E-state index in [2.05, 4.69) is 34.1 Å². The van der Waals surface area contributed by atoms with Gasteiger partial charge in [0, 0.05) is 60.3 Å². The molecule has 1 saturated carbocycles. The topological polar surface area (TPSA) is 128 Å². The number of methoxy groups -OCH3 is 2. The highest BCUT2D eigenvalue weighted by Gasteiger charge is 2.74. The van der Waals surface area contributed by atoms with E-state index in [1.807, 2.05) is 36.4 Å². The molecular formula is C44H46N4O7. The molecule has 11 nitrogen and oxygen atoms in total. The molecule has 4 aromatic carbocycles. The van der Waals surface area contributed by atoms with Crippen LogP contribution in [0.25, 0.3) is 0 Å². The van der Waals surface area contributed by atoms with Gasteiger partial charge in [-0.05, 0) is 98.1 Å². The molecule has 11 heteroatoms. The number of carbonyl (C=O) groups is 1. The summed E-state index contributed by atoms with van der Waals surface area (Å²) in [6.45, 7) is 1.61. The average Bonchev–Trinajstić information content (AvgIpc) is 3.98. The van der Waals surface area contributed by atoms with Crippen LogP contribution in [-0.4, -0.2) is 64.8 Å². The van der Waals surface area contributed by atoms with Gasteiger partial charge < -0.3 is 9.47 Å². The van der Waals surface area contributed by atoms with E-state index in [1.165, 1.54) is 12.1 Å². The number of fused-ring (bicyclic) bond motifs is 2. The molecule has 4 aromatic rings. The zero-order valence-electron chi connectivity index (χ0n) is 31.2. The summed E-state index contributed by atoms with van der Waals surface area (Å²) >= 11 is 0. The van der Waals surface area contributed by atoms with Crippen LogP contribution in [0.15, 0.2) is 97.1 Å². The van der Waals surface area contributed by atoms with Gasteiger partial charge in [-0.3, -0.25) is 34.8 Å². The Morgan fingerprint density at radius 3 is 1.56 bits per heavy atom. The molecule has 0 bridgehead atoms. The number of non-ortho nitro benzene ring substituents is 2. The second kappa shape index (κ2) is 13.6. The normalized spacial score (nSPS) is 31.5. The number of ether oxygens (including phenoxy) is 2. The van der Waals surface area contributed by atoms with E-state index in [0.29, 0.717) is 12.8 Å². The van der Waals surface area contributed by atoms with Crippen LogP contribution in [0.5, 0.6) is 11.5 Å². The first-order valence-corrected chi connectivity index (χ1v) is 19.6. The number of nitro benzene ring substituents is 2. The number of nitro groups is 2. The van der Waals surface area contributed by atoms with Gasteiger partial charge in [-0.25, -0.2) is 0 Å². The van der Waals surface area contributed by atoms with E-state index >= 15 is 4.79 Å². The molecule has 4 saturated heterocycles. The van der Waals surface area contributed by atoms with Crippen LogP contribution in [0.2, 0.25) is 0 Å². The maximum absolute atomic E-state index is 17.1. The Morgan fingerprint density at radius 2 is 1.05 bits per heavy atom. The average molecular weight is 743 g/mol. The lowest BCUT2D eigenvalue weighted by Gasteiger charge is -2.54. The van der Waals surface area contributed by atoms with Crippen LogP contribution >= 0.6 is 0 Å². The second-order valence-electron chi connectivity index (χ2n) is 16.2. The fourth-order valence-electron chi connectivity index (χ4n) is 12.3. The Kier molecular flexibility index (Phi) is 8.77. The minimum Gasteiger partial charge on any atom is -0.497 e. The van der Waals surface area contributed by atoms with Gasteiger partial charge in [-0.15, -0.1) is 0 Å². The monoisotopic (exact) mass is 742 g/mol. The van der Waals surface area contributed by atoms with Crippen LogP contribution in [-0.2, 0) is 4.79 Å². The van der Waals surface area contributed by atoms with Gasteiger partial charge in [-0.1, -0.05) is 55.0 Å². The van der Waals surface area contributed by atoms with Crippen molar-refractivity contribution in [3.05, 3.63) is 140 Å². The predicted molar refractivity (Wildman–Crippen MR) is 206 cm³/mol. The fourth-order valence-corrected chi connectivity index (χ4v) is 12.3. The van der Waals surface area contributed by atoms with Crippen molar-refractivity contribution in [1.82, 2.24) is 9.80 Å². The summed E-state index contributed by atoms with van der Waals surface area (Å²) < 4.78 is 11.2. The third-order valence-electron chi connectivity index (χ3n) is 14.0. The van der Waals surface area contributed by atoms with Crippen LogP contribution in [0.1, 0.15) is 91.1 Å². The maximum Gasteiger partial charge on any atom is 0.269 e. The number of hydrogen-bond acceptors (Lipinski definition) is 9. The minimum absolute atomic E-state index is 0.00473. The first kappa shape index (κ1) is 35.6. The van der Waals surface area contributed by atoms with Crippen LogP contribution in [0.3, 0.4) is 0 Å². The number of rotatable bonds is 8. The first-order chi connectivity index (χ1) is 26.7. The van der Waals surface area contributed by atoms with E-state index in [4.69, 9.17) is 9.47 Å². The van der Waals surface area contributed by atoms with Crippen LogP contribution in [0.4, 0.5) is 11.4 Å². The molecule has 0 radical (unpaired) electrons. The quantitative estimate of drug-likeness (QED) is 0.129. The molecule has 284 valence electrons. The molecule has 0 aromatic heterocycles. The lowest BCUT2D eigenvalue weighted by Crippen LogP contribution is -2.56. The summed E-state index contributed by atoms with van der Waals surface area (Å²) in [6, 6.07) is 29.6. The molecule has 5 fully saturated rings. The molecule has 4 heterocycles. The molecule has 0 amide bonds. The number of carbonyl (C=O) groups excluding carboxylic acids is 1. The number of Topliss-reactive ketones (excluding diaryl/α,β-unsaturated/α-hetero) is 1. The Bertz CT molecular complexity index is 1990. The fraction of sp³-hybridized carbons (Fsp3) is 0.432. The highest BCUT2D eigenvalue weighted by Crippen LogP contribution is 2.73. The number of benzene rings is 4. The molecule has 4 aliphatic heterocycles. The summed E-state index contributed by atoms with van der Waals surface area (Å²) in [5.74, 6) is 1.17. The van der Waals surface area contributed by atoms with E-state index in [1.54, 1.807) is 38.5 Å².